The van der Waals surface area contributed by atoms with E-state index in [9.17, 15) is 18.0 Å². The van der Waals surface area contributed by atoms with Gasteiger partial charge in [-0.3, -0.25) is 0 Å². The first kappa shape index (κ1) is 20.0. The maximum Gasteiger partial charge on any atom is 0.418 e. The molecule has 2 aromatic rings. The summed E-state index contributed by atoms with van der Waals surface area (Å²) in [6, 6.07) is 2.77. The van der Waals surface area contributed by atoms with E-state index in [1.807, 2.05) is 0 Å². The van der Waals surface area contributed by atoms with Gasteiger partial charge >= 0.3 is 12.2 Å². The van der Waals surface area contributed by atoms with Crippen molar-refractivity contribution < 1.29 is 22.7 Å². The van der Waals surface area contributed by atoms with Crippen LogP contribution in [0.4, 0.5) is 23.7 Å². The lowest BCUT2D eigenvalue weighted by atomic mass is 10.1. The molecule has 0 fully saturated rings. The van der Waals surface area contributed by atoms with E-state index < -0.39 is 17.8 Å². The normalized spacial score (nSPS) is 11.5. The van der Waals surface area contributed by atoms with Crippen molar-refractivity contribution in [2.24, 2.45) is 0 Å². The summed E-state index contributed by atoms with van der Waals surface area (Å²) in [7, 11) is 1.47. The number of hydrogen-bond donors (Lipinski definition) is 1. The van der Waals surface area contributed by atoms with Gasteiger partial charge in [0.05, 0.1) is 23.9 Å². The molecule has 0 unspecified atom stereocenters. The SMILES string of the molecule is Cc1nnc(CN(C)C(=O)Nc2ccc(OC(C)C)cc2C(F)(F)F)s1. The van der Waals surface area contributed by atoms with E-state index >= 15 is 0 Å². The van der Waals surface area contributed by atoms with Crippen LogP contribution in [0.2, 0.25) is 0 Å². The van der Waals surface area contributed by atoms with Gasteiger partial charge in [0.25, 0.3) is 0 Å². The van der Waals surface area contributed by atoms with Crippen molar-refractivity contribution in [2.75, 3.05) is 12.4 Å². The van der Waals surface area contributed by atoms with Gasteiger partial charge in [-0.25, -0.2) is 4.79 Å². The standard InChI is InChI=1S/C16H19F3N4O2S/c1-9(2)25-11-5-6-13(12(7-11)16(17,18)19)20-15(24)23(4)8-14-22-21-10(3)26-14/h5-7,9H,8H2,1-4H3,(H,20,24). The highest BCUT2D eigenvalue weighted by Gasteiger charge is 2.35. The third kappa shape index (κ3) is 5.32. The predicted octanol–water partition coefficient (Wildman–Crippen LogP) is 4.32. The molecule has 10 heteroatoms. The zero-order valence-corrected chi connectivity index (χ0v) is 15.5. The van der Waals surface area contributed by atoms with Crippen molar-refractivity contribution in [3.05, 3.63) is 33.8 Å². The third-order valence-electron chi connectivity index (χ3n) is 3.20. The van der Waals surface area contributed by atoms with E-state index in [4.69, 9.17) is 4.74 Å². The molecule has 0 atom stereocenters. The molecule has 1 N–H and O–H groups in total. The average molecular weight is 388 g/mol. The Balaban J connectivity index is 2.17. The summed E-state index contributed by atoms with van der Waals surface area (Å²) in [5, 5.41) is 11.4. The number of halogens is 3. The second kappa shape index (κ2) is 7.90. The number of anilines is 1. The molecule has 6 nitrogen and oxygen atoms in total. The Labute approximate surface area is 153 Å². The lowest BCUT2D eigenvalue weighted by Crippen LogP contribution is -2.31. The fraction of sp³-hybridized carbons (Fsp3) is 0.438. The first-order valence-corrected chi connectivity index (χ1v) is 8.57. The lowest BCUT2D eigenvalue weighted by Gasteiger charge is -2.20. The molecule has 0 saturated carbocycles. The molecule has 0 aliphatic heterocycles. The topological polar surface area (TPSA) is 67.4 Å². The summed E-state index contributed by atoms with van der Waals surface area (Å²) in [4.78, 5) is 13.5. The number of amides is 2. The number of carbonyl (C=O) groups excluding carboxylic acids is 1. The molecule has 2 rings (SSSR count). The van der Waals surface area contributed by atoms with E-state index in [1.165, 1.54) is 35.4 Å². The Morgan fingerprint density at radius 1 is 1.35 bits per heavy atom. The molecule has 1 heterocycles. The molecule has 0 aliphatic carbocycles. The van der Waals surface area contributed by atoms with E-state index in [-0.39, 0.29) is 24.1 Å². The second-order valence-electron chi connectivity index (χ2n) is 5.87. The molecule has 0 bridgehead atoms. The van der Waals surface area contributed by atoms with Crippen molar-refractivity contribution in [2.45, 2.75) is 39.6 Å². The highest BCUT2D eigenvalue weighted by Crippen LogP contribution is 2.37. The molecular formula is C16H19F3N4O2S. The lowest BCUT2D eigenvalue weighted by molar-refractivity contribution is -0.137. The number of hydrogen-bond acceptors (Lipinski definition) is 5. The van der Waals surface area contributed by atoms with Crippen molar-refractivity contribution in [1.29, 1.82) is 0 Å². The number of benzene rings is 1. The Morgan fingerprint density at radius 3 is 2.58 bits per heavy atom. The van der Waals surface area contributed by atoms with Gasteiger partial charge in [-0.1, -0.05) is 11.3 Å². The smallest absolute Gasteiger partial charge is 0.418 e. The second-order valence-corrected chi connectivity index (χ2v) is 7.14. The van der Waals surface area contributed by atoms with Gasteiger partial charge in [0, 0.05) is 7.05 Å². The van der Waals surface area contributed by atoms with Crippen LogP contribution >= 0.6 is 11.3 Å². The molecule has 0 radical (unpaired) electrons. The summed E-state index contributed by atoms with van der Waals surface area (Å²) in [6.45, 7) is 5.35. The van der Waals surface area contributed by atoms with Crippen LogP contribution in [0.3, 0.4) is 0 Å². The van der Waals surface area contributed by atoms with Gasteiger partial charge in [0.2, 0.25) is 0 Å². The highest BCUT2D eigenvalue weighted by molar-refractivity contribution is 7.11. The van der Waals surface area contributed by atoms with Crippen LogP contribution in [0.1, 0.15) is 29.4 Å². The Morgan fingerprint density at radius 2 is 2.04 bits per heavy atom. The molecule has 1 aromatic heterocycles. The summed E-state index contributed by atoms with van der Waals surface area (Å²) < 4.78 is 45.3. The van der Waals surface area contributed by atoms with Gasteiger partial charge in [-0.2, -0.15) is 13.2 Å². The van der Waals surface area contributed by atoms with Crippen LogP contribution in [0.15, 0.2) is 18.2 Å². The molecular weight excluding hydrogens is 369 g/mol. The molecule has 0 aliphatic rings. The summed E-state index contributed by atoms with van der Waals surface area (Å²) in [5.41, 5.74) is -1.30. The van der Waals surface area contributed by atoms with Crippen LogP contribution < -0.4 is 10.1 Å². The summed E-state index contributed by atoms with van der Waals surface area (Å²) in [5.74, 6) is 0.0861. The number of ether oxygens (including phenoxy) is 1. The van der Waals surface area contributed by atoms with Crippen LogP contribution in [-0.2, 0) is 12.7 Å². The number of aromatic nitrogens is 2. The number of aryl methyl sites for hydroxylation is 1. The minimum atomic E-state index is -4.63. The van der Waals surface area contributed by atoms with Crippen LogP contribution in [0, 0.1) is 6.92 Å². The average Bonchev–Trinajstić information content (AvgIpc) is 2.92. The van der Waals surface area contributed by atoms with Crippen molar-refractivity contribution in [3.63, 3.8) is 0 Å². The van der Waals surface area contributed by atoms with Crippen LogP contribution in [-0.4, -0.2) is 34.3 Å². The molecule has 142 valence electrons. The number of rotatable bonds is 5. The maximum absolute atomic E-state index is 13.3. The first-order valence-electron chi connectivity index (χ1n) is 7.75. The van der Waals surface area contributed by atoms with Crippen molar-refractivity contribution in [3.8, 4) is 5.75 Å². The fourth-order valence-corrected chi connectivity index (χ4v) is 2.86. The quantitative estimate of drug-likeness (QED) is 0.829. The minimum absolute atomic E-state index is 0.0861. The molecule has 1 aromatic carbocycles. The Bertz CT molecular complexity index is 777. The Hall–Kier alpha value is -2.36. The van der Waals surface area contributed by atoms with E-state index in [2.05, 4.69) is 15.5 Å². The maximum atomic E-state index is 13.3. The van der Waals surface area contributed by atoms with Gasteiger partial charge < -0.3 is 15.0 Å². The number of nitrogens with zero attached hydrogens (tertiary/aromatic N) is 3. The van der Waals surface area contributed by atoms with Gasteiger partial charge in [-0.05, 0) is 39.0 Å². The van der Waals surface area contributed by atoms with Gasteiger partial charge in [-0.15, -0.1) is 10.2 Å². The van der Waals surface area contributed by atoms with E-state index in [0.717, 1.165) is 11.1 Å². The first-order chi connectivity index (χ1) is 12.1. The number of nitrogens with one attached hydrogen (secondary N) is 1. The largest absolute Gasteiger partial charge is 0.491 e. The van der Waals surface area contributed by atoms with Crippen LogP contribution in [0.5, 0.6) is 5.75 Å². The summed E-state index contributed by atoms with van der Waals surface area (Å²) in [6.07, 6.45) is -4.90. The minimum Gasteiger partial charge on any atom is -0.491 e. The van der Waals surface area contributed by atoms with E-state index in [0.29, 0.717) is 5.01 Å². The zero-order valence-electron chi connectivity index (χ0n) is 14.7. The molecule has 0 spiro atoms. The van der Waals surface area contributed by atoms with Gasteiger partial charge in [0.15, 0.2) is 0 Å². The van der Waals surface area contributed by atoms with Gasteiger partial charge in [0.1, 0.15) is 15.8 Å². The molecule has 0 saturated heterocycles. The monoisotopic (exact) mass is 388 g/mol. The molecule has 2 amide bonds. The predicted molar refractivity (Wildman–Crippen MR) is 92.3 cm³/mol. The zero-order chi connectivity index (χ0) is 19.5. The third-order valence-corrected chi connectivity index (χ3v) is 4.02. The number of carbonyl (C=O) groups is 1. The Kier molecular flexibility index (Phi) is 6.06. The van der Waals surface area contributed by atoms with Crippen molar-refractivity contribution in [1.82, 2.24) is 15.1 Å². The molecule has 26 heavy (non-hydrogen) atoms. The number of urea groups is 1. The van der Waals surface area contributed by atoms with Crippen LogP contribution in [0.25, 0.3) is 0 Å². The highest BCUT2D eigenvalue weighted by atomic mass is 32.1. The fourth-order valence-electron chi connectivity index (χ4n) is 2.10. The van der Waals surface area contributed by atoms with Crippen molar-refractivity contribution >= 4 is 23.1 Å². The van der Waals surface area contributed by atoms with E-state index in [1.54, 1.807) is 20.8 Å². The number of alkyl halides is 3. The summed E-state index contributed by atoms with van der Waals surface area (Å²) >= 11 is 1.31.